The lowest BCUT2D eigenvalue weighted by Crippen LogP contribution is -2.34. The fraction of sp³-hybridized carbons (Fsp3) is 0.600. The minimum atomic E-state index is 0.0508. The lowest BCUT2D eigenvalue weighted by molar-refractivity contribution is 0.342. The molecule has 0 radical (unpaired) electrons. The largest absolute Gasteiger partial charge is 0.508 e. The van der Waals surface area contributed by atoms with Gasteiger partial charge in [0.2, 0.25) is 0 Å². The van der Waals surface area contributed by atoms with E-state index in [1.54, 1.807) is 12.1 Å². The van der Waals surface area contributed by atoms with Crippen LogP contribution in [-0.4, -0.2) is 16.3 Å². The molecule has 3 heteroatoms. The zero-order valence-corrected chi connectivity index (χ0v) is 11.4. The Morgan fingerprint density at radius 1 is 1.22 bits per heavy atom. The molecule has 1 aliphatic rings. The van der Waals surface area contributed by atoms with Crippen LogP contribution in [0.2, 0.25) is 0 Å². The normalized spacial score (nSPS) is 29.4. The van der Waals surface area contributed by atoms with E-state index in [0.29, 0.717) is 12.0 Å². The molecule has 1 aliphatic carbocycles. The van der Waals surface area contributed by atoms with Gasteiger partial charge in [0.25, 0.3) is 0 Å². The van der Waals surface area contributed by atoms with Crippen molar-refractivity contribution in [3.63, 3.8) is 0 Å². The second-order valence-corrected chi connectivity index (χ2v) is 5.65. The van der Waals surface area contributed by atoms with E-state index >= 15 is 0 Å². The first-order valence-corrected chi connectivity index (χ1v) is 6.77. The van der Waals surface area contributed by atoms with Crippen LogP contribution in [0.15, 0.2) is 18.2 Å². The highest BCUT2D eigenvalue weighted by molar-refractivity contribution is 5.40. The van der Waals surface area contributed by atoms with Gasteiger partial charge in [0, 0.05) is 17.6 Å². The van der Waals surface area contributed by atoms with Gasteiger partial charge in [0.15, 0.2) is 0 Å². The van der Waals surface area contributed by atoms with Crippen LogP contribution in [0.1, 0.15) is 45.2 Å². The molecule has 3 N–H and O–H groups in total. The first-order valence-electron chi connectivity index (χ1n) is 6.77. The van der Waals surface area contributed by atoms with Gasteiger partial charge in [-0.1, -0.05) is 13.8 Å². The van der Waals surface area contributed by atoms with E-state index in [2.05, 4.69) is 19.2 Å². The first kappa shape index (κ1) is 13.2. The van der Waals surface area contributed by atoms with E-state index in [4.69, 9.17) is 0 Å². The van der Waals surface area contributed by atoms with Gasteiger partial charge >= 0.3 is 0 Å². The van der Waals surface area contributed by atoms with Crippen LogP contribution in [0.5, 0.6) is 11.5 Å². The van der Waals surface area contributed by atoms with Crippen molar-refractivity contribution in [2.24, 2.45) is 11.8 Å². The Morgan fingerprint density at radius 2 is 1.94 bits per heavy atom. The second-order valence-electron chi connectivity index (χ2n) is 5.65. The van der Waals surface area contributed by atoms with Gasteiger partial charge in [-0.25, -0.2) is 0 Å². The molecule has 1 aromatic rings. The Morgan fingerprint density at radius 3 is 2.56 bits per heavy atom. The number of phenols is 2. The van der Waals surface area contributed by atoms with Crippen molar-refractivity contribution in [1.29, 1.82) is 0 Å². The average Bonchev–Trinajstić information content (AvgIpc) is 2.64. The summed E-state index contributed by atoms with van der Waals surface area (Å²) in [7, 11) is 0. The second kappa shape index (κ2) is 5.19. The monoisotopic (exact) mass is 249 g/mol. The summed E-state index contributed by atoms with van der Waals surface area (Å²) in [5, 5.41) is 22.9. The highest BCUT2D eigenvalue weighted by Crippen LogP contribution is 2.34. The number of rotatable bonds is 3. The minimum Gasteiger partial charge on any atom is -0.508 e. The minimum absolute atomic E-state index is 0.0508. The van der Waals surface area contributed by atoms with Crippen LogP contribution in [-0.2, 0) is 0 Å². The van der Waals surface area contributed by atoms with Gasteiger partial charge in [0.05, 0.1) is 0 Å². The Kier molecular flexibility index (Phi) is 3.81. The van der Waals surface area contributed by atoms with Crippen molar-refractivity contribution in [2.75, 3.05) is 0 Å². The fourth-order valence-electron chi connectivity index (χ4n) is 2.90. The van der Waals surface area contributed by atoms with Crippen LogP contribution in [0, 0.1) is 11.8 Å². The summed E-state index contributed by atoms with van der Waals surface area (Å²) in [6, 6.07) is 5.23. The smallest absolute Gasteiger partial charge is 0.120 e. The van der Waals surface area contributed by atoms with Crippen molar-refractivity contribution in [3.8, 4) is 11.5 Å². The zero-order chi connectivity index (χ0) is 13.3. The summed E-state index contributed by atoms with van der Waals surface area (Å²) in [5.74, 6) is 1.86. The molecule has 18 heavy (non-hydrogen) atoms. The molecule has 0 bridgehead atoms. The predicted molar refractivity (Wildman–Crippen MR) is 72.7 cm³/mol. The summed E-state index contributed by atoms with van der Waals surface area (Å²) < 4.78 is 0. The Labute approximate surface area is 109 Å². The molecule has 1 aromatic carbocycles. The van der Waals surface area contributed by atoms with Crippen LogP contribution in [0.25, 0.3) is 0 Å². The maximum absolute atomic E-state index is 9.85. The lowest BCUT2D eigenvalue weighted by atomic mass is 9.96. The topological polar surface area (TPSA) is 52.5 Å². The Hall–Kier alpha value is -1.22. The van der Waals surface area contributed by atoms with Crippen LogP contribution in [0.3, 0.4) is 0 Å². The molecule has 0 saturated heterocycles. The number of aromatic hydroxyl groups is 2. The Bertz CT molecular complexity index is 419. The molecule has 2 rings (SSSR count). The number of nitrogens with one attached hydrogen (secondary N) is 1. The van der Waals surface area contributed by atoms with Crippen molar-refractivity contribution in [2.45, 2.75) is 45.7 Å². The van der Waals surface area contributed by atoms with Gasteiger partial charge in [0.1, 0.15) is 11.5 Å². The van der Waals surface area contributed by atoms with Crippen molar-refractivity contribution >= 4 is 0 Å². The molecule has 1 saturated carbocycles. The van der Waals surface area contributed by atoms with E-state index < -0.39 is 0 Å². The number of phenolic OH excluding ortho intramolecular Hbond substituents is 2. The van der Waals surface area contributed by atoms with Gasteiger partial charge in [-0.05, 0) is 49.8 Å². The summed E-state index contributed by atoms with van der Waals surface area (Å²) in [6.45, 7) is 6.61. The highest BCUT2D eigenvalue weighted by atomic mass is 16.3. The zero-order valence-electron chi connectivity index (χ0n) is 11.4. The lowest BCUT2D eigenvalue weighted by Gasteiger charge is -2.25. The molecule has 4 atom stereocenters. The molecule has 0 amide bonds. The standard InChI is InChI=1S/C15H23NO2/c1-9-4-6-14(10(9)2)16-11(3)13-8-12(17)5-7-15(13)18/h5,7-11,14,16-18H,4,6H2,1-3H3. The first-order chi connectivity index (χ1) is 8.49. The summed E-state index contributed by atoms with van der Waals surface area (Å²) in [4.78, 5) is 0. The quantitative estimate of drug-likeness (QED) is 0.721. The number of hydrogen-bond acceptors (Lipinski definition) is 3. The molecule has 4 unspecified atom stereocenters. The third kappa shape index (κ3) is 2.61. The average molecular weight is 249 g/mol. The van der Waals surface area contributed by atoms with Gasteiger partial charge < -0.3 is 15.5 Å². The fourth-order valence-corrected chi connectivity index (χ4v) is 2.90. The van der Waals surface area contributed by atoms with Crippen LogP contribution in [0.4, 0.5) is 0 Å². The van der Waals surface area contributed by atoms with Crippen molar-refractivity contribution < 1.29 is 10.2 Å². The van der Waals surface area contributed by atoms with Crippen LogP contribution < -0.4 is 5.32 Å². The molecular formula is C15H23NO2. The van der Waals surface area contributed by atoms with Gasteiger partial charge in [-0.15, -0.1) is 0 Å². The van der Waals surface area contributed by atoms with E-state index in [1.807, 2.05) is 6.92 Å². The summed E-state index contributed by atoms with van der Waals surface area (Å²) >= 11 is 0. The van der Waals surface area contributed by atoms with E-state index in [9.17, 15) is 10.2 Å². The van der Waals surface area contributed by atoms with E-state index in [0.717, 1.165) is 11.5 Å². The number of hydrogen-bond donors (Lipinski definition) is 3. The van der Waals surface area contributed by atoms with Gasteiger partial charge in [-0.2, -0.15) is 0 Å². The highest BCUT2D eigenvalue weighted by Gasteiger charge is 2.30. The maximum atomic E-state index is 9.85. The predicted octanol–water partition coefficient (Wildman–Crippen LogP) is 3.18. The van der Waals surface area contributed by atoms with E-state index in [1.165, 1.54) is 18.9 Å². The molecule has 100 valence electrons. The Balaban J connectivity index is 2.08. The molecule has 1 fully saturated rings. The third-order valence-corrected chi connectivity index (χ3v) is 4.41. The van der Waals surface area contributed by atoms with Crippen molar-refractivity contribution in [3.05, 3.63) is 23.8 Å². The SMILES string of the molecule is CC(NC1CCC(C)C1C)c1cc(O)ccc1O. The van der Waals surface area contributed by atoms with Crippen LogP contribution >= 0.6 is 0 Å². The molecule has 0 aromatic heterocycles. The molecule has 0 aliphatic heterocycles. The molecular weight excluding hydrogens is 226 g/mol. The molecule has 0 spiro atoms. The maximum Gasteiger partial charge on any atom is 0.120 e. The van der Waals surface area contributed by atoms with E-state index in [-0.39, 0.29) is 17.5 Å². The van der Waals surface area contributed by atoms with Gasteiger partial charge in [-0.3, -0.25) is 0 Å². The summed E-state index contributed by atoms with van der Waals surface area (Å²) in [5.41, 5.74) is 0.766. The molecule has 0 heterocycles. The summed E-state index contributed by atoms with van der Waals surface area (Å²) in [6.07, 6.45) is 2.45. The third-order valence-electron chi connectivity index (χ3n) is 4.41. The number of benzene rings is 1. The molecule has 3 nitrogen and oxygen atoms in total. The van der Waals surface area contributed by atoms with Crippen molar-refractivity contribution in [1.82, 2.24) is 5.32 Å².